The van der Waals surface area contributed by atoms with E-state index >= 15 is 0 Å². The van der Waals surface area contributed by atoms with Crippen molar-refractivity contribution < 1.29 is 22.4 Å². The molecule has 1 heterocycles. The molecule has 1 aromatic carbocycles. The second kappa shape index (κ2) is 6.74. The molecule has 140 valence electrons. The second-order valence-corrected chi connectivity index (χ2v) is 6.60. The molecule has 0 saturated heterocycles. The third-order valence-electron chi connectivity index (χ3n) is 4.67. The van der Waals surface area contributed by atoms with Crippen LogP contribution in [0.1, 0.15) is 40.9 Å². The highest BCUT2D eigenvalue weighted by Gasteiger charge is 2.35. The molecule has 8 heteroatoms. The van der Waals surface area contributed by atoms with E-state index in [0.29, 0.717) is 24.0 Å². The van der Waals surface area contributed by atoms with Crippen LogP contribution in [0.4, 0.5) is 17.6 Å². The predicted octanol–water partition coefficient (Wildman–Crippen LogP) is 3.83. The predicted molar refractivity (Wildman–Crippen MR) is 86.8 cm³/mol. The van der Waals surface area contributed by atoms with Gasteiger partial charge in [0.1, 0.15) is 5.82 Å². The first-order chi connectivity index (χ1) is 12.2. The number of halogens is 4. The van der Waals surface area contributed by atoms with E-state index in [4.69, 9.17) is 0 Å². The van der Waals surface area contributed by atoms with Crippen LogP contribution < -0.4 is 5.49 Å². The largest absolute Gasteiger partial charge is 0.419 e. The average Bonchev–Trinajstić information content (AvgIpc) is 3.33. The zero-order valence-corrected chi connectivity index (χ0v) is 14.5. The van der Waals surface area contributed by atoms with E-state index in [0.717, 1.165) is 24.2 Å². The van der Waals surface area contributed by atoms with E-state index < -0.39 is 29.0 Å². The minimum atomic E-state index is -4.87. The van der Waals surface area contributed by atoms with Gasteiger partial charge in [-0.25, -0.2) is 4.39 Å². The molecular weight excluding hydrogens is 350 g/mol. The molecule has 26 heavy (non-hydrogen) atoms. The van der Waals surface area contributed by atoms with Crippen LogP contribution >= 0.6 is 0 Å². The Labute approximate surface area is 147 Å². The van der Waals surface area contributed by atoms with E-state index in [1.54, 1.807) is 10.7 Å². The van der Waals surface area contributed by atoms with E-state index in [2.05, 4.69) is 4.99 Å². The quantitative estimate of drug-likeness (QED) is 0.755. The van der Waals surface area contributed by atoms with Crippen molar-refractivity contribution in [1.29, 1.82) is 0 Å². The summed E-state index contributed by atoms with van der Waals surface area (Å²) in [6.45, 7) is 2.48. The lowest BCUT2D eigenvalue weighted by Crippen LogP contribution is -2.24. The van der Waals surface area contributed by atoms with Crippen molar-refractivity contribution in [2.75, 3.05) is 0 Å². The van der Waals surface area contributed by atoms with Crippen molar-refractivity contribution in [1.82, 2.24) is 9.36 Å². The number of aromatic nitrogens is 2. The van der Waals surface area contributed by atoms with E-state index in [-0.39, 0.29) is 0 Å². The van der Waals surface area contributed by atoms with Crippen molar-refractivity contribution >= 4 is 5.91 Å². The monoisotopic (exact) mass is 369 g/mol. The fraction of sp³-hybridized carbons (Fsp3) is 0.444. The summed E-state index contributed by atoms with van der Waals surface area (Å²) in [5, 5.41) is 0. The molecule has 1 saturated carbocycles. The smallest absolute Gasteiger partial charge is 0.291 e. The van der Waals surface area contributed by atoms with E-state index in [1.165, 1.54) is 12.8 Å². The summed E-state index contributed by atoms with van der Waals surface area (Å²) in [5.74, 6) is -1.95. The number of benzene rings is 1. The van der Waals surface area contributed by atoms with Gasteiger partial charge in [-0.1, -0.05) is 18.9 Å². The zero-order chi connectivity index (χ0) is 19.1. The maximum absolute atomic E-state index is 14.2. The minimum absolute atomic E-state index is 0.312. The number of amides is 1. The zero-order valence-electron chi connectivity index (χ0n) is 14.5. The second-order valence-electron chi connectivity index (χ2n) is 6.60. The van der Waals surface area contributed by atoms with E-state index in [1.807, 2.05) is 18.7 Å². The Morgan fingerprint density at radius 1 is 1.31 bits per heavy atom. The molecule has 0 N–H and O–H groups in total. The van der Waals surface area contributed by atoms with Crippen LogP contribution in [0, 0.1) is 18.7 Å². The highest BCUT2D eigenvalue weighted by atomic mass is 19.4. The van der Waals surface area contributed by atoms with Crippen molar-refractivity contribution in [3.05, 3.63) is 52.4 Å². The highest BCUT2D eigenvalue weighted by Crippen LogP contribution is 2.33. The van der Waals surface area contributed by atoms with Crippen LogP contribution in [0.5, 0.6) is 0 Å². The molecule has 1 aromatic heterocycles. The summed E-state index contributed by atoms with van der Waals surface area (Å²) in [4.78, 5) is 16.2. The van der Waals surface area contributed by atoms with Crippen LogP contribution in [0.3, 0.4) is 0 Å². The number of aryl methyl sites for hydroxylation is 1. The van der Waals surface area contributed by atoms with Gasteiger partial charge in [0.25, 0.3) is 5.91 Å². The fourth-order valence-electron chi connectivity index (χ4n) is 2.85. The van der Waals surface area contributed by atoms with Crippen LogP contribution in [0.25, 0.3) is 0 Å². The fourth-order valence-corrected chi connectivity index (χ4v) is 2.85. The van der Waals surface area contributed by atoms with Crippen molar-refractivity contribution in [2.45, 2.75) is 38.9 Å². The number of nitrogens with zero attached hydrogens (tertiary/aromatic N) is 3. The van der Waals surface area contributed by atoms with Gasteiger partial charge in [-0.15, -0.1) is 0 Å². The van der Waals surface area contributed by atoms with Crippen LogP contribution in [0.2, 0.25) is 0 Å². The Hall–Kier alpha value is -2.38. The molecule has 1 aliphatic rings. The van der Waals surface area contributed by atoms with Gasteiger partial charge in [0.15, 0.2) is 5.49 Å². The van der Waals surface area contributed by atoms with Crippen molar-refractivity contribution in [2.24, 2.45) is 18.0 Å². The molecule has 1 aliphatic carbocycles. The number of hydrogen-bond donors (Lipinski definition) is 0. The van der Waals surface area contributed by atoms with Gasteiger partial charge in [0, 0.05) is 25.4 Å². The summed E-state index contributed by atoms with van der Waals surface area (Å²) in [6.07, 6.45) is -1.56. The number of carbonyl (C=O) groups is 1. The summed E-state index contributed by atoms with van der Waals surface area (Å²) in [7, 11) is 1.82. The topological polar surface area (TPSA) is 39.3 Å². The van der Waals surface area contributed by atoms with Gasteiger partial charge >= 0.3 is 6.18 Å². The summed E-state index contributed by atoms with van der Waals surface area (Å²) in [6, 6.07) is 4.29. The van der Waals surface area contributed by atoms with Crippen LogP contribution in [0.15, 0.2) is 29.3 Å². The molecule has 0 atom stereocenters. The average molecular weight is 369 g/mol. The van der Waals surface area contributed by atoms with Crippen molar-refractivity contribution in [3.8, 4) is 0 Å². The van der Waals surface area contributed by atoms with Gasteiger partial charge in [-0.2, -0.15) is 18.2 Å². The molecule has 0 aliphatic heterocycles. The molecule has 4 nitrogen and oxygen atoms in total. The first-order valence-corrected chi connectivity index (χ1v) is 8.36. The standard InChI is InChI=1S/C18H19F4N3O/c1-11-10-15(25(24(11)2)9-8-12-6-7-12)23-17(26)13-4-3-5-14(16(13)19)18(20,21)22/h3-5,10,12H,6-9H2,1-2H3/b23-15+. The first kappa shape index (κ1) is 18.4. The Bertz CT molecular complexity index is 904. The SMILES string of the molecule is Cc1c/c(=N\C(=O)c2cccc(C(F)(F)F)c2F)n(CCC2CC2)n1C. The lowest BCUT2D eigenvalue weighted by molar-refractivity contribution is -0.140. The minimum Gasteiger partial charge on any atom is -0.291 e. The van der Waals surface area contributed by atoms with E-state index in [9.17, 15) is 22.4 Å². The summed E-state index contributed by atoms with van der Waals surface area (Å²) in [5.41, 5.74) is -0.996. The van der Waals surface area contributed by atoms with Crippen LogP contribution in [-0.4, -0.2) is 15.3 Å². The molecule has 0 radical (unpaired) electrons. The Balaban J connectivity index is 1.98. The highest BCUT2D eigenvalue weighted by molar-refractivity contribution is 5.95. The summed E-state index contributed by atoms with van der Waals surface area (Å²) >= 11 is 0. The molecule has 3 rings (SSSR count). The number of alkyl halides is 3. The molecule has 0 unspecified atom stereocenters. The number of hydrogen-bond acceptors (Lipinski definition) is 1. The first-order valence-electron chi connectivity index (χ1n) is 8.36. The number of rotatable bonds is 4. The molecule has 1 amide bonds. The molecule has 1 fully saturated rings. The van der Waals surface area contributed by atoms with Gasteiger partial charge in [-0.3, -0.25) is 14.2 Å². The normalized spacial score (nSPS) is 15.5. The Morgan fingerprint density at radius 2 is 2.00 bits per heavy atom. The third kappa shape index (κ3) is 3.73. The van der Waals surface area contributed by atoms with Gasteiger partial charge in [0.05, 0.1) is 11.1 Å². The Kier molecular flexibility index (Phi) is 4.77. The molecular formula is C18H19F4N3O. The maximum atomic E-state index is 14.2. The maximum Gasteiger partial charge on any atom is 0.419 e. The van der Waals surface area contributed by atoms with Gasteiger partial charge < -0.3 is 0 Å². The van der Waals surface area contributed by atoms with Crippen LogP contribution in [-0.2, 0) is 19.8 Å². The molecule has 0 bridgehead atoms. The summed E-state index contributed by atoms with van der Waals surface area (Å²) < 4.78 is 56.3. The van der Waals surface area contributed by atoms with Crippen molar-refractivity contribution in [3.63, 3.8) is 0 Å². The van der Waals surface area contributed by atoms with Gasteiger partial charge in [-0.05, 0) is 31.4 Å². The third-order valence-corrected chi connectivity index (χ3v) is 4.67. The lowest BCUT2D eigenvalue weighted by atomic mass is 10.1. The molecule has 0 spiro atoms. The molecule has 2 aromatic rings. The van der Waals surface area contributed by atoms with Gasteiger partial charge in [0.2, 0.25) is 0 Å². The Morgan fingerprint density at radius 3 is 2.62 bits per heavy atom. The number of carbonyl (C=O) groups excluding carboxylic acids is 1. The lowest BCUT2D eigenvalue weighted by Gasteiger charge is -2.10.